The van der Waals surface area contributed by atoms with Crippen molar-refractivity contribution in [3.63, 3.8) is 0 Å². The third kappa shape index (κ3) is 3.68. The van der Waals surface area contributed by atoms with Crippen LogP contribution in [0, 0.1) is 0 Å². The number of aromatic nitrogens is 4. The van der Waals surface area contributed by atoms with Gasteiger partial charge in [-0.2, -0.15) is 18.2 Å². The molecule has 1 N–H and O–H groups in total. The maximum atomic E-state index is 13.2. The van der Waals surface area contributed by atoms with Gasteiger partial charge < -0.3 is 15.0 Å². The number of anilines is 1. The van der Waals surface area contributed by atoms with Crippen molar-refractivity contribution in [2.45, 2.75) is 37.8 Å². The molecule has 30 heavy (non-hydrogen) atoms. The lowest BCUT2D eigenvalue weighted by atomic mass is 10.2. The molecule has 0 bridgehead atoms. The van der Waals surface area contributed by atoms with E-state index in [9.17, 15) is 13.2 Å². The molecule has 4 heterocycles. The van der Waals surface area contributed by atoms with Crippen LogP contribution < -0.4 is 10.2 Å². The Morgan fingerprint density at radius 3 is 2.80 bits per heavy atom. The second kappa shape index (κ2) is 7.44. The molecule has 7 nitrogen and oxygen atoms in total. The van der Waals surface area contributed by atoms with Crippen molar-refractivity contribution >= 4 is 17.0 Å². The summed E-state index contributed by atoms with van der Waals surface area (Å²) in [5.41, 5.74) is 0.487. The lowest BCUT2D eigenvalue weighted by Gasteiger charge is -2.27. The molecule has 2 atom stereocenters. The number of pyridine rings is 2. The first-order valence-corrected chi connectivity index (χ1v) is 9.72. The van der Waals surface area contributed by atoms with Gasteiger partial charge in [-0.05, 0) is 30.2 Å². The minimum absolute atomic E-state index is 0.0199. The molecule has 2 fully saturated rings. The van der Waals surface area contributed by atoms with Gasteiger partial charge in [0.25, 0.3) is 0 Å². The number of rotatable bonds is 5. The van der Waals surface area contributed by atoms with E-state index in [1.807, 2.05) is 6.07 Å². The van der Waals surface area contributed by atoms with E-state index in [0.717, 1.165) is 18.0 Å². The molecule has 0 aromatic carbocycles. The van der Waals surface area contributed by atoms with Gasteiger partial charge >= 0.3 is 6.18 Å². The van der Waals surface area contributed by atoms with Crippen molar-refractivity contribution in [3.05, 3.63) is 53.6 Å². The van der Waals surface area contributed by atoms with E-state index in [2.05, 4.69) is 25.2 Å². The average Bonchev–Trinajstić information content (AvgIpc) is 3.53. The Morgan fingerprint density at radius 1 is 1.10 bits per heavy atom. The van der Waals surface area contributed by atoms with Gasteiger partial charge in [-0.3, -0.25) is 4.98 Å². The van der Waals surface area contributed by atoms with E-state index >= 15 is 0 Å². The zero-order chi connectivity index (χ0) is 20.7. The van der Waals surface area contributed by atoms with E-state index in [1.54, 1.807) is 12.3 Å². The maximum absolute atomic E-state index is 13.2. The van der Waals surface area contributed by atoms with Gasteiger partial charge in [0.05, 0.1) is 24.4 Å². The molecule has 0 amide bonds. The number of alkyl halides is 3. The molecule has 1 aliphatic carbocycles. The van der Waals surface area contributed by atoms with Gasteiger partial charge in [-0.15, -0.1) is 0 Å². The number of hydrogen-bond donors (Lipinski definition) is 1. The molecule has 3 aromatic rings. The lowest BCUT2D eigenvalue weighted by Crippen LogP contribution is -2.38. The number of morpholine rings is 1. The van der Waals surface area contributed by atoms with Crippen LogP contribution in [0.5, 0.6) is 0 Å². The van der Waals surface area contributed by atoms with Crippen LogP contribution >= 0.6 is 0 Å². The molecule has 0 spiro atoms. The van der Waals surface area contributed by atoms with E-state index in [-0.39, 0.29) is 30.8 Å². The van der Waals surface area contributed by atoms with E-state index < -0.39 is 11.9 Å². The molecule has 1 saturated carbocycles. The van der Waals surface area contributed by atoms with Crippen LogP contribution in [-0.4, -0.2) is 45.2 Å². The smallest absolute Gasteiger partial charge is 0.374 e. The summed E-state index contributed by atoms with van der Waals surface area (Å²) < 4.78 is 45.2. The van der Waals surface area contributed by atoms with Gasteiger partial charge in [-0.25, -0.2) is 9.97 Å². The first-order chi connectivity index (χ1) is 14.5. The van der Waals surface area contributed by atoms with Gasteiger partial charge in [0.15, 0.2) is 5.65 Å². The summed E-state index contributed by atoms with van der Waals surface area (Å²) >= 11 is 0. The van der Waals surface area contributed by atoms with Gasteiger partial charge in [0, 0.05) is 37.4 Å². The SMILES string of the molecule is FC(F)(F)c1ncccc1CNCc1nc(N2CCOC3CC32)nc2ncccc12. The molecular weight excluding hydrogens is 397 g/mol. The number of nitrogens with zero attached hydrogens (tertiary/aromatic N) is 5. The van der Waals surface area contributed by atoms with Crippen LogP contribution in [0.4, 0.5) is 19.1 Å². The van der Waals surface area contributed by atoms with Gasteiger partial charge in [0.1, 0.15) is 5.69 Å². The fraction of sp³-hybridized carbons (Fsp3) is 0.400. The minimum atomic E-state index is -4.49. The number of ether oxygens (including phenoxy) is 1. The maximum Gasteiger partial charge on any atom is 0.433 e. The number of halogens is 3. The summed E-state index contributed by atoms with van der Waals surface area (Å²) in [5, 5.41) is 3.85. The van der Waals surface area contributed by atoms with Crippen LogP contribution in [-0.2, 0) is 24.0 Å². The third-order valence-corrected chi connectivity index (χ3v) is 5.33. The Labute approximate surface area is 170 Å². The first-order valence-electron chi connectivity index (χ1n) is 9.72. The highest BCUT2D eigenvalue weighted by molar-refractivity contribution is 5.78. The van der Waals surface area contributed by atoms with Crippen molar-refractivity contribution in [2.24, 2.45) is 0 Å². The number of hydrogen-bond acceptors (Lipinski definition) is 7. The van der Waals surface area contributed by atoms with Gasteiger partial charge in [0.2, 0.25) is 5.95 Å². The van der Waals surface area contributed by atoms with E-state index in [1.165, 1.54) is 12.1 Å². The predicted molar refractivity (Wildman–Crippen MR) is 103 cm³/mol. The Morgan fingerprint density at radius 2 is 1.93 bits per heavy atom. The number of fused-ring (bicyclic) bond motifs is 2. The van der Waals surface area contributed by atoms with E-state index in [0.29, 0.717) is 30.4 Å². The monoisotopic (exact) mass is 416 g/mol. The minimum Gasteiger partial charge on any atom is -0.374 e. The van der Waals surface area contributed by atoms with Crippen LogP contribution in [0.1, 0.15) is 23.4 Å². The molecule has 1 saturated heterocycles. The Balaban J connectivity index is 1.39. The molecule has 2 unspecified atom stereocenters. The highest BCUT2D eigenvalue weighted by Gasteiger charge is 2.47. The Kier molecular flexibility index (Phi) is 4.75. The zero-order valence-electron chi connectivity index (χ0n) is 15.9. The molecule has 156 valence electrons. The van der Waals surface area contributed by atoms with Crippen molar-refractivity contribution in [1.29, 1.82) is 0 Å². The second-order valence-electron chi connectivity index (χ2n) is 7.36. The second-order valence-corrected chi connectivity index (χ2v) is 7.36. The summed E-state index contributed by atoms with van der Waals surface area (Å²) in [4.78, 5) is 19.3. The topological polar surface area (TPSA) is 76.1 Å². The fourth-order valence-corrected chi connectivity index (χ4v) is 3.81. The summed E-state index contributed by atoms with van der Waals surface area (Å²) in [5.74, 6) is 0.589. The normalized spacial score (nSPS) is 21.0. The largest absolute Gasteiger partial charge is 0.433 e. The van der Waals surface area contributed by atoms with Crippen molar-refractivity contribution in [2.75, 3.05) is 18.1 Å². The van der Waals surface area contributed by atoms with Crippen LogP contribution in [0.3, 0.4) is 0 Å². The molecule has 10 heteroatoms. The quantitative estimate of drug-likeness (QED) is 0.685. The van der Waals surface area contributed by atoms with Crippen LogP contribution in [0.15, 0.2) is 36.7 Å². The van der Waals surface area contributed by atoms with Crippen molar-refractivity contribution < 1.29 is 17.9 Å². The van der Waals surface area contributed by atoms with E-state index in [4.69, 9.17) is 9.72 Å². The Bertz CT molecular complexity index is 1080. The summed E-state index contributed by atoms with van der Waals surface area (Å²) in [7, 11) is 0. The third-order valence-electron chi connectivity index (χ3n) is 5.33. The highest BCUT2D eigenvalue weighted by Crippen LogP contribution is 2.36. The first kappa shape index (κ1) is 19.1. The average molecular weight is 416 g/mol. The van der Waals surface area contributed by atoms with Crippen LogP contribution in [0.2, 0.25) is 0 Å². The lowest BCUT2D eigenvalue weighted by molar-refractivity contribution is -0.141. The summed E-state index contributed by atoms with van der Waals surface area (Å²) in [6.45, 7) is 1.63. The summed E-state index contributed by atoms with van der Waals surface area (Å²) in [6.07, 6.45) is -0.488. The number of nitrogens with one attached hydrogen (secondary N) is 1. The van der Waals surface area contributed by atoms with Crippen molar-refractivity contribution in [1.82, 2.24) is 25.3 Å². The fourth-order valence-electron chi connectivity index (χ4n) is 3.81. The highest BCUT2D eigenvalue weighted by atomic mass is 19.4. The predicted octanol–water partition coefficient (Wildman–Crippen LogP) is 2.71. The van der Waals surface area contributed by atoms with Crippen molar-refractivity contribution in [3.8, 4) is 0 Å². The molecule has 5 rings (SSSR count). The molecule has 2 aliphatic rings. The van der Waals surface area contributed by atoms with Gasteiger partial charge in [-0.1, -0.05) is 6.07 Å². The van der Waals surface area contributed by atoms with Crippen LogP contribution in [0.25, 0.3) is 11.0 Å². The Hall–Kier alpha value is -2.85. The molecule has 1 aliphatic heterocycles. The molecule has 3 aromatic heterocycles. The summed E-state index contributed by atoms with van der Waals surface area (Å²) in [6, 6.07) is 6.87. The molecular formula is C20H19F3N6O. The molecule has 0 radical (unpaired) electrons. The standard InChI is InChI=1S/C20H19F3N6O/c21-20(22,23)17-12(3-1-5-25-17)10-24-11-14-13-4-2-6-26-18(13)28-19(27-14)29-7-8-30-16-9-15(16)29/h1-6,15-16,24H,7-11H2. The zero-order valence-corrected chi connectivity index (χ0v) is 15.9.